The standard InChI is InChI=1S/C14H18N2O5/c1-2-8-20-10-11-21-9-5-12(17)15-6-7-16-13(18)3-4-14(16)19/h1,3-4H,5-11H2,(H,15,17). The SMILES string of the molecule is C#CCOCCOCCC(=O)NCCN1C(=O)C=CC1=O. The number of ether oxygens (including phenoxy) is 2. The number of hydrogen-bond donors (Lipinski definition) is 1. The molecule has 7 heteroatoms. The van der Waals surface area contributed by atoms with E-state index in [4.69, 9.17) is 15.9 Å². The van der Waals surface area contributed by atoms with Crippen molar-refractivity contribution in [1.29, 1.82) is 0 Å². The van der Waals surface area contributed by atoms with Gasteiger partial charge in [-0.05, 0) is 0 Å². The zero-order valence-electron chi connectivity index (χ0n) is 11.7. The van der Waals surface area contributed by atoms with E-state index in [-0.39, 0.29) is 50.4 Å². The Bertz CT molecular complexity index is 435. The molecule has 1 rings (SSSR count). The Labute approximate surface area is 123 Å². The number of nitrogens with zero attached hydrogens (tertiary/aromatic N) is 1. The van der Waals surface area contributed by atoms with Crippen LogP contribution in [0.5, 0.6) is 0 Å². The normalized spacial score (nSPS) is 13.6. The molecule has 1 N–H and O–H groups in total. The Morgan fingerprint density at radius 1 is 1.19 bits per heavy atom. The van der Waals surface area contributed by atoms with Crippen molar-refractivity contribution in [2.75, 3.05) is 39.5 Å². The van der Waals surface area contributed by atoms with Crippen molar-refractivity contribution < 1.29 is 23.9 Å². The molecule has 0 saturated heterocycles. The summed E-state index contributed by atoms with van der Waals surface area (Å²) in [6, 6.07) is 0. The summed E-state index contributed by atoms with van der Waals surface area (Å²) < 4.78 is 10.2. The average molecular weight is 294 g/mol. The molecule has 7 nitrogen and oxygen atoms in total. The number of amides is 3. The quantitative estimate of drug-likeness (QED) is 0.320. The van der Waals surface area contributed by atoms with Crippen LogP contribution in [0.3, 0.4) is 0 Å². The first kappa shape index (κ1) is 16.9. The Kier molecular flexibility index (Phi) is 7.79. The molecule has 0 aromatic heterocycles. The van der Waals surface area contributed by atoms with Crippen molar-refractivity contribution in [3.8, 4) is 12.3 Å². The molecule has 0 saturated carbocycles. The summed E-state index contributed by atoms with van der Waals surface area (Å²) in [4.78, 5) is 35.0. The largest absolute Gasteiger partial charge is 0.379 e. The van der Waals surface area contributed by atoms with Gasteiger partial charge in [0.25, 0.3) is 11.8 Å². The molecule has 0 aliphatic carbocycles. The highest BCUT2D eigenvalue weighted by Gasteiger charge is 2.22. The highest BCUT2D eigenvalue weighted by atomic mass is 16.5. The summed E-state index contributed by atoms with van der Waals surface area (Å²) in [6.07, 6.45) is 7.62. The van der Waals surface area contributed by atoms with Gasteiger partial charge >= 0.3 is 0 Å². The second-order valence-electron chi connectivity index (χ2n) is 4.13. The molecule has 0 unspecified atom stereocenters. The number of rotatable bonds is 10. The number of hydrogen-bond acceptors (Lipinski definition) is 5. The maximum atomic E-state index is 11.5. The van der Waals surface area contributed by atoms with E-state index in [9.17, 15) is 14.4 Å². The zero-order chi connectivity index (χ0) is 15.5. The van der Waals surface area contributed by atoms with Crippen LogP contribution in [0.2, 0.25) is 0 Å². The van der Waals surface area contributed by atoms with Crippen LogP contribution in [0.4, 0.5) is 0 Å². The Balaban J connectivity index is 1.98. The second-order valence-corrected chi connectivity index (χ2v) is 4.13. The van der Waals surface area contributed by atoms with E-state index >= 15 is 0 Å². The summed E-state index contributed by atoms with van der Waals surface area (Å²) in [5, 5.41) is 2.61. The fraction of sp³-hybridized carbons (Fsp3) is 0.500. The number of nitrogens with one attached hydrogen (secondary N) is 1. The molecule has 1 aliphatic rings. The molecule has 0 spiro atoms. The molecular weight excluding hydrogens is 276 g/mol. The van der Waals surface area contributed by atoms with Crippen LogP contribution in [-0.4, -0.2) is 62.1 Å². The van der Waals surface area contributed by atoms with Crippen LogP contribution in [0.15, 0.2) is 12.2 Å². The van der Waals surface area contributed by atoms with Crippen LogP contribution >= 0.6 is 0 Å². The lowest BCUT2D eigenvalue weighted by molar-refractivity contribution is -0.137. The monoisotopic (exact) mass is 294 g/mol. The molecule has 1 aliphatic heterocycles. The third kappa shape index (κ3) is 6.70. The first-order valence-electron chi connectivity index (χ1n) is 6.54. The lowest BCUT2D eigenvalue weighted by atomic mass is 10.4. The predicted molar refractivity (Wildman–Crippen MR) is 74.0 cm³/mol. The van der Waals surface area contributed by atoms with E-state index in [1.807, 2.05) is 0 Å². The van der Waals surface area contributed by atoms with E-state index in [1.165, 1.54) is 12.2 Å². The number of terminal acetylenes is 1. The van der Waals surface area contributed by atoms with Crippen molar-refractivity contribution in [3.05, 3.63) is 12.2 Å². The maximum Gasteiger partial charge on any atom is 0.253 e. The van der Waals surface area contributed by atoms with Gasteiger partial charge in [-0.25, -0.2) is 0 Å². The molecule has 1 heterocycles. The van der Waals surface area contributed by atoms with Crippen LogP contribution in [0.25, 0.3) is 0 Å². The van der Waals surface area contributed by atoms with Gasteiger partial charge in [0, 0.05) is 31.7 Å². The fourth-order valence-corrected chi connectivity index (χ4v) is 1.56. The van der Waals surface area contributed by atoms with Crippen molar-refractivity contribution in [2.24, 2.45) is 0 Å². The van der Waals surface area contributed by atoms with Gasteiger partial charge in [-0.1, -0.05) is 5.92 Å². The van der Waals surface area contributed by atoms with Crippen molar-refractivity contribution in [3.63, 3.8) is 0 Å². The highest BCUT2D eigenvalue weighted by Crippen LogP contribution is 2.01. The summed E-state index contributed by atoms with van der Waals surface area (Å²) in [7, 11) is 0. The van der Waals surface area contributed by atoms with Crippen molar-refractivity contribution >= 4 is 17.7 Å². The Morgan fingerprint density at radius 3 is 2.52 bits per heavy atom. The number of carbonyl (C=O) groups is 3. The van der Waals surface area contributed by atoms with Gasteiger partial charge in [0.15, 0.2) is 0 Å². The second kappa shape index (κ2) is 9.69. The molecular formula is C14H18N2O5. The van der Waals surface area contributed by atoms with E-state index in [0.29, 0.717) is 13.2 Å². The van der Waals surface area contributed by atoms with Crippen LogP contribution in [0, 0.1) is 12.3 Å². The third-order valence-electron chi connectivity index (χ3n) is 2.59. The van der Waals surface area contributed by atoms with Crippen molar-refractivity contribution in [1.82, 2.24) is 10.2 Å². The summed E-state index contributed by atoms with van der Waals surface area (Å²) in [5.41, 5.74) is 0. The van der Waals surface area contributed by atoms with E-state index in [2.05, 4.69) is 11.2 Å². The fourth-order valence-electron chi connectivity index (χ4n) is 1.56. The molecule has 0 bridgehead atoms. The zero-order valence-corrected chi connectivity index (χ0v) is 11.7. The third-order valence-corrected chi connectivity index (χ3v) is 2.59. The van der Waals surface area contributed by atoms with Crippen LogP contribution < -0.4 is 5.32 Å². The van der Waals surface area contributed by atoms with Crippen LogP contribution in [-0.2, 0) is 23.9 Å². The van der Waals surface area contributed by atoms with Crippen LogP contribution in [0.1, 0.15) is 6.42 Å². The molecule has 0 aromatic carbocycles. The first-order chi connectivity index (χ1) is 10.1. The van der Waals surface area contributed by atoms with Gasteiger partial charge in [0.2, 0.25) is 5.91 Å². The van der Waals surface area contributed by atoms with Gasteiger partial charge in [0.1, 0.15) is 6.61 Å². The number of carbonyl (C=O) groups excluding carboxylic acids is 3. The van der Waals surface area contributed by atoms with Gasteiger partial charge < -0.3 is 14.8 Å². The predicted octanol–water partition coefficient (Wildman–Crippen LogP) is -0.916. The van der Waals surface area contributed by atoms with E-state index in [1.54, 1.807) is 0 Å². The number of imide groups is 1. The minimum atomic E-state index is -0.357. The van der Waals surface area contributed by atoms with E-state index < -0.39 is 0 Å². The molecule has 0 radical (unpaired) electrons. The van der Waals surface area contributed by atoms with Gasteiger partial charge in [-0.3, -0.25) is 19.3 Å². The maximum absolute atomic E-state index is 11.5. The highest BCUT2D eigenvalue weighted by molar-refractivity contribution is 6.12. The Morgan fingerprint density at radius 2 is 1.86 bits per heavy atom. The average Bonchev–Trinajstić information content (AvgIpc) is 2.78. The van der Waals surface area contributed by atoms with Crippen molar-refractivity contribution in [2.45, 2.75) is 6.42 Å². The summed E-state index contributed by atoms with van der Waals surface area (Å²) in [5.74, 6) is 1.42. The lowest BCUT2D eigenvalue weighted by Gasteiger charge is -2.13. The molecule has 114 valence electrons. The smallest absolute Gasteiger partial charge is 0.253 e. The molecule has 0 atom stereocenters. The minimum absolute atomic E-state index is 0.164. The topological polar surface area (TPSA) is 84.9 Å². The molecule has 0 fully saturated rings. The Hall–Kier alpha value is -2.17. The molecule has 21 heavy (non-hydrogen) atoms. The van der Waals surface area contributed by atoms with Gasteiger partial charge in [-0.2, -0.15) is 0 Å². The summed E-state index contributed by atoms with van der Waals surface area (Å²) in [6.45, 7) is 1.66. The molecule has 0 aromatic rings. The first-order valence-corrected chi connectivity index (χ1v) is 6.54. The summed E-state index contributed by atoms with van der Waals surface area (Å²) >= 11 is 0. The molecule has 3 amide bonds. The van der Waals surface area contributed by atoms with Gasteiger partial charge in [-0.15, -0.1) is 6.42 Å². The van der Waals surface area contributed by atoms with E-state index in [0.717, 1.165) is 4.90 Å². The lowest BCUT2D eigenvalue weighted by Crippen LogP contribution is -2.38. The minimum Gasteiger partial charge on any atom is -0.379 e. The van der Waals surface area contributed by atoms with Gasteiger partial charge in [0.05, 0.1) is 19.8 Å².